The first kappa shape index (κ1) is 12.6. The number of rotatable bonds is 1. The van der Waals surface area contributed by atoms with E-state index in [1.54, 1.807) is 11.8 Å². The molecule has 1 N–H and O–H groups in total. The van der Waals surface area contributed by atoms with Crippen molar-refractivity contribution in [3.8, 4) is 0 Å². The van der Waals surface area contributed by atoms with Crippen LogP contribution in [-0.2, 0) is 4.79 Å². The van der Waals surface area contributed by atoms with Crippen LogP contribution in [0.4, 0.5) is 0 Å². The molecule has 1 aromatic rings. The molecule has 2 amide bonds. The lowest BCUT2D eigenvalue weighted by atomic mass is 10.0. The number of amides is 2. The van der Waals surface area contributed by atoms with E-state index in [1.807, 2.05) is 32.0 Å². The highest BCUT2D eigenvalue weighted by atomic mass is 16.2. The summed E-state index contributed by atoms with van der Waals surface area (Å²) in [5.41, 5.74) is 2.79. The fraction of sp³-hybridized carbons (Fsp3) is 0.429. The van der Waals surface area contributed by atoms with E-state index in [-0.39, 0.29) is 11.8 Å². The summed E-state index contributed by atoms with van der Waals surface area (Å²) >= 11 is 0. The molecule has 2 rings (SSSR count). The summed E-state index contributed by atoms with van der Waals surface area (Å²) in [5, 5.41) is 2.76. The fourth-order valence-corrected chi connectivity index (χ4v) is 2.32. The maximum Gasteiger partial charge on any atom is 0.254 e. The minimum absolute atomic E-state index is 0.0656. The van der Waals surface area contributed by atoms with Gasteiger partial charge in [0.15, 0.2) is 0 Å². The van der Waals surface area contributed by atoms with Gasteiger partial charge in [0, 0.05) is 18.7 Å². The average Bonchev–Trinajstić information content (AvgIpc) is 2.30. The van der Waals surface area contributed by atoms with E-state index in [2.05, 4.69) is 5.32 Å². The Labute approximate surface area is 107 Å². The Kier molecular flexibility index (Phi) is 3.36. The topological polar surface area (TPSA) is 49.4 Å². The van der Waals surface area contributed by atoms with Crippen LogP contribution in [0.25, 0.3) is 0 Å². The zero-order valence-electron chi connectivity index (χ0n) is 11.0. The predicted octanol–water partition coefficient (Wildman–Crippen LogP) is 1.26. The van der Waals surface area contributed by atoms with Crippen molar-refractivity contribution in [1.29, 1.82) is 0 Å². The lowest BCUT2D eigenvalue weighted by molar-refractivity contribution is -0.127. The molecular formula is C14H18N2O2. The van der Waals surface area contributed by atoms with E-state index < -0.39 is 6.04 Å². The monoisotopic (exact) mass is 246 g/mol. The number of piperazine rings is 1. The SMILES string of the molecule is Cc1cc(C)cc(C(=O)N2CCNC(=O)C2C)c1. The highest BCUT2D eigenvalue weighted by molar-refractivity contribution is 5.98. The van der Waals surface area contributed by atoms with E-state index in [4.69, 9.17) is 0 Å². The second kappa shape index (κ2) is 4.80. The normalized spacial score (nSPS) is 19.6. The van der Waals surface area contributed by atoms with Gasteiger partial charge in [0.25, 0.3) is 5.91 Å². The van der Waals surface area contributed by atoms with E-state index in [1.165, 1.54) is 0 Å². The maximum atomic E-state index is 12.4. The van der Waals surface area contributed by atoms with Gasteiger partial charge in [-0.2, -0.15) is 0 Å². The summed E-state index contributed by atoms with van der Waals surface area (Å²) < 4.78 is 0. The Bertz CT molecular complexity index is 476. The van der Waals surface area contributed by atoms with Crippen LogP contribution in [0.5, 0.6) is 0 Å². The molecule has 18 heavy (non-hydrogen) atoms. The molecule has 4 heteroatoms. The summed E-state index contributed by atoms with van der Waals surface area (Å²) in [6.45, 7) is 6.79. The second-order valence-electron chi connectivity index (χ2n) is 4.84. The van der Waals surface area contributed by atoms with E-state index in [9.17, 15) is 9.59 Å². The molecule has 1 atom stereocenters. The molecule has 0 aromatic heterocycles. The van der Waals surface area contributed by atoms with Crippen LogP contribution in [0, 0.1) is 13.8 Å². The minimum atomic E-state index is -0.396. The molecule has 0 saturated carbocycles. The van der Waals surface area contributed by atoms with Gasteiger partial charge in [-0.3, -0.25) is 9.59 Å². The summed E-state index contributed by atoms with van der Waals surface area (Å²) in [4.78, 5) is 25.6. The number of carbonyl (C=O) groups excluding carboxylic acids is 2. The van der Waals surface area contributed by atoms with Gasteiger partial charge in [0.05, 0.1) is 0 Å². The van der Waals surface area contributed by atoms with Crippen molar-refractivity contribution in [2.24, 2.45) is 0 Å². The van der Waals surface area contributed by atoms with Gasteiger partial charge in [-0.1, -0.05) is 17.2 Å². The Hall–Kier alpha value is -1.84. The fourth-order valence-electron chi connectivity index (χ4n) is 2.32. The smallest absolute Gasteiger partial charge is 0.254 e. The molecule has 1 fully saturated rings. The van der Waals surface area contributed by atoms with Crippen LogP contribution in [0.15, 0.2) is 18.2 Å². The molecule has 0 aliphatic carbocycles. The van der Waals surface area contributed by atoms with Crippen molar-refractivity contribution in [3.05, 3.63) is 34.9 Å². The van der Waals surface area contributed by atoms with Gasteiger partial charge in [0.2, 0.25) is 5.91 Å². The van der Waals surface area contributed by atoms with Gasteiger partial charge >= 0.3 is 0 Å². The van der Waals surface area contributed by atoms with Crippen LogP contribution in [-0.4, -0.2) is 35.8 Å². The molecule has 1 aromatic carbocycles. The number of hydrogen-bond acceptors (Lipinski definition) is 2. The highest BCUT2D eigenvalue weighted by Crippen LogP contribution is 2.14. The lowest BCUT2D eigenvalue weighted by Gasteiger charge is -2.33. The van der Waals surface area contributed by atoms with Crippen molar-refractivity contribution in [2.45, 2.75) is 26.8 Å². The number of aryl methyl sites for hydroxylation is 2. The standard InChI is InChI=1S/C14H18N2O2/c1-9-6-10(2)8-12(7-9)14(18)16-5-4-15-13(17)11(16)3/h6-8,11H,4-5H2,1-3H3,(H,15,17). The first-order chi connectivity index (χ1) is 8.49. The van der Waals surface area contributed by atoms with Crippen LogP contribution in [0.3, 0.4) is 0 Å². The number of carbonyl (C=O) groups is 2. The summed E-state index contributed by atoms with van der Waals surface area (Å²) in [6.07, 6.45) is 0. The van der Waals surface area contributed by atoms with Crippen molar-refractivity contribution >= 4 is 11.8 Å². The number of nitrogens with zero attached hydrogens (tertiary/aromatic N) is 1. The molecule has 1 aliphatic rings. The molecular weight excluding hydrogens is 228 g/mol. The van der Waals surface area contributed by atoms with E-state index in [0.29, 0.717) is 18.7 Å². The molecule has 1 heterocycles. The maximum absolute atomic E-state index is 12.4. The van der Waals surface area contributed by atoms with Gasteiger partial charge < -0.3 is 10.2 Å². The molecule has 4 nitrogen and oxygen atoms in total. The number of benzene rings is 1. The zero-order valence-corrected chi connectivity index (χ0v) is 11.0. The molecule has 0 bridgehead atoms. The Balaban J connectivity index is 2.27. The van der Waals surface area contributed by atoms with Gasteiger partial charge in [0.1, 0.15) is 6.04 Å². The van der Waals surface area contributed by atoms with Gasteiger partial charge in [-0.15, -0.1) is 0 Å². The Morgan fingerprint density at radius 3 is 2.50 bits per heavy atom. The van der Waals surface area contributed by atoms with Gasteiger partial charge in [-0.25, -0.2) is 0 Å². The third-order valence-corrected chi connectivity index (χ3v) is 3.23. The second-order valence-corrected chi connectivity index (χ2v) is 4.84. The molecule has 1 aliphatic heterocycles. The highest BCUT2D eigenvalue weighted by Gasteiger charge is 2.29. The number of hydrogen-bond donors (Lipinski definition) is 1. The molecule has 0 radical (unpaired) electrons. The third-order valence-electron chi connectivity index (χ3n) is 3.23. The van der Waals surface area contributed by atoms with Crippen LogP contribution in [0.1, 0.15) is 28.4 Å². The quantitative estimate of drug-likeness (QED) is 0.811. The third kappa shape index (κ3) is 2.37. The predicted molar refractivity (Wildman–Crippen MR) is 69.4 cm³/mol. The van der Waals surface area contributed by atoms with Crippen LogP contribution < -0.4 is 5.32 Å². The van der Waals surface area contributed by atoms with Crippen molar-refractivity contribution in [2.75, 3.05) is 13.1 Å². The van der Waals surface area contributed by atoms with Crippen LogP contribution in [0.2, 0.25) is 0 Å². The molecule has 1 unspecified atom stereocenters. The van der Waals surface area contributed by atoms with Gasteiger partial charge in [-0.05, 0) is 32.9 Å². The molecule has 96 valence electrons. The van der Waals surface area contributed by atoms with Crippen molar-refractivity contribution < 1.29 is 9.59 Å². The Morgan fingerprint density at radius 2 is 1.89 bits per heavy atom. The van der Waals surface area contributed by atoms with Crippen molar-refractivity contribution in [1.82, 2.24) is 10.2 Å². The first-order valence-corrected chi connectivity index (χ1v) is 6.16. The lowest BCUT2D eigenvalue weighted by Crippen LogP contribution is -2.55. The zero-order chi connectivity index (χ0) is 13.3. The summed E-state index contributed by atoms with van der Waals surface area (Å²) in [7, 11) is 0. The van der Waals surface area contributed by atoms with Crippen molar-refractivity contribution in [3.63, 3.8) is 0 Å². The molecule has 1 saturated heterocycles. The summed E-state index contributed by atoms with van der Waals surface area (Å²) in [6, 6.07) is 5.37. The largest absolute Gasteiger partial charge is 0.353 e. The van der Waals surface area contributed by atoms with Crippen LogP contribution >= 0.6 is 0 Å². The minimum Gasteiger partial charge on any atom is -0.353 e. The summed E-state index contributed by atoms with van der Waals surface area (Å²) in [5.74, 6) is -0.150. The number of nitrogens with one attached hydrogen (secondary N) is 1. The Morgan fingerprint density at radius 1 is 1.28 bits per heavy atom. The van der Waals surface area contributed by atoms with E-state index in [0.717, 1.165) is 11.1 Å². The first-order valence-electron chi connectivity index (χ1n) is 6.16. The van der Waals surface area contributed by atoms with E-state index >= 15 is 0 Å². The average molecular weight is 246 g/mol. The molecule has 0 spiro atoms.